The lowest BCUT2D eigenvalue weighted by atomic mass is 9.76. The molecule has 1 N–H and O–H groups in total. The summed E-state index contributed by atoms with van der Waals surface area (Å²) in [6.45, 7) is 0.519. The molecule has 0 radical (unpaired) electrons. The number of anilines is 1. The highest BCUT2D eigenvalue weighted by Gasteiger charge is 2.42. The SMILES string of the molecule is COc1ccc([N+](=O)[O-])c2c1NC(c1ccc(OCc3ccccc3)cc1)C1CC=CC21. The van der Waals surface area contributed by atoms with Crippen molar-refractivity contribution in [3.05, 3.63) is 106 Å². The highest BCUT2D eigenvalue weighted by atomic mass is 16.6. The van der Waals surface area contributed by atoms with E-state index in [9.17, 15) is 10.1 Å². The van der Waals surface area contributed by atoms with Crippen LogP contribution in [0.5, 0.6) is 11.5 Å². The van der Waals surface area contributed by atoms with Gasteiger partial charge in [0.25, 0.3) is 5.69 Å². The second-order valence-corrected chi connectivity index (χ2v) is 8.15. The third-order valence-corrected chi connectivity index (χ3v) is 6.36. The van der Waals surface area contributed by atoms with Crippen molar-refractivity contribution in [2.45, 2.75) is 25.0 Å². The molecule has 5 rings (SSSR count). The first-order valence-corrected chi connectivity index (χ1v) is 10.7. The molecule has 0 saturated heterocycles. The summed E-state index contributed by atoms with van der Waals surface area (Å²) in [5.74, 6) is 1.60. The molecule has 0 spiro atoms. The van der Waals surface area contributed by atoms with E-state index >= 15 is 0 Å². The predicted octanol–water partition coefficient (Wildman–Crippen LogP) is 6.01. The maximum Gasteiger partial charge on any atom is 0.275 e. The number of nitrogens with one attached hydrogen (secondary N) is 1. The van der Waals surface area contributed by atoms with Crippen LogP contribution in [0.4, 0.5) is 11.4 Å². The Balaban J connectivity index is 1.43. The van der Waals surface area contributed by atoms with Crippen LogP contribution >= 0.6 is 0 Å². The normalized spacial score (nSPS) is 20.7. The van der Waals surface area contributed by atoms with Crippen molar-refractivity contribution in [2.24, 2.45) is 5.92 Å². The van der Waals surface area contributed by atoms with E-state index in [-0.39, 0.29) is 28.5 Å². The van der Waals surface area contributed by atoms with Gasteiger partial charge in [0.2, 0.25) is 0 Å². The van der Waals surface area contributed by atoms with Crippen molar-refractivity contribution in [1.82, 2.24) is 0 Å². The number of rotatable bonds is 6. The smallest absolute Gasteiger partial charge is 0.275 e. The standard InChI is InChI=1S/C26H24N2O4/c1-31-23-15-14-22(28(29)30)24-20-8-5-9-21(20)25(27-26(23)24)18-10-12-19(13-11-18)32-16-17-6-3-2-4-7-17/h2-8,10-15,20-21,25,27H,9,16H2,1H3. The fourth-order valence-electron chi connectivity index (χ4n) is 4.83. The Bertz CT molecular complexity index is 1160. The summed E-state index contributed by atoms with van der Waals surface area (Å²) < 4.78 is 11.5. The van der Waals surface area contributed by atoms with Gasteiger partial charge in [0.05, 0.1) is 29.3 Å². The molecule has 3 atom stereocenters. The van der Waals surface area contributed by atoms with E-state index in [4.69, 9.17) is 9.47 Å². The molecule has 0 saturated carbocycles. The van der Waals surface area contributed by atoms with Crippen LogP contribution in [0, 0.1) is 16.0 Å². The average Bonchev–Trinajstić information content (AvgIpc) is 3.32. The van der Waals surface area contributed by atoms with Crippen LogP contribution in [-0.2, 0) is 6.61 Å². The molecule has 0 amide bonds. The predicted molar refractivity (Wildman–Crippen MR) is 123 cm³/mol. The third kappa shape index (κ3) is 3.58. The molecule has 6 nitrogen and oxygen atoms in total. The fourth-order valence-corrected chi connectivity index (χ4v) is 4.83. The van der Waals surface area contributed by atoms with E-state index in [1.54, 1.807) is 19.2 Å². The Morgan fingerprint density at radius 3 is 2.56 bits per heavy atom. The zero-order valence-electron chi connectivity index (χ0n) is 17.7. The minimum Gasteiger partial charge on any atom is -0.495 e. The van der Waals surface area contributed by atoms with E-state index < -0.39 is 0 Å². The molecule has 1 aliphatic carbocycles. The second-order valence-electron chi connectivity index (χ2n) is 8.15. The van der Waals surface area contributed by atoms with Gasteiger partial charge in [0, 0.05) is 12.0 Å². The third-order valence-electron chi connectivity index (χ3n) is 6.36. The minimum atomic E-state index is -0.303. The molecule has 0 aromatic heterocycles. The van der Waals surface area contributed by atoms with Crippen LogP contribution < -0.4 is 14.8 Å². The number of methoxy groups -OCH3 is 1. The summed E-state index contributed by atoms with van der Waals surface area (Å²) in [6, 6.07) is 21.4. The number of fused-ring (bicyclic) bond motifs is 3. The number of nitrogens with zero attached hydrogens (tertiary/aromatic N) is 1. The van der Waals surface area contributed by atoms with Crippen molar-refractivity contribution in [3.63, 3.8) is 0 Å². The van der Waals surface area contributed by atoms with Gasteiger partial charge in [-0.3, -0.25) is 10.1 Å². The van der Waals surface area contributed by atoms with Gasteiger partial charge >= 0.3 is 0 Å². The molecule has 3 aromatic carbocycles. The minimum absolute atomic E-state index is 0.0153. The maximum atomic E-state index is 11.7. The number of ether oxygens (including phenoxy) is 2. The van der Waals surface area contributed by atoms with Crippen molar-refractivity contribution in [3.8, 4) is 11.5 Å². The van der Waals surface area contributed by atoms with Crippen LogP contribution in [0.2, 0.25) is 0 Å². The lowest BCUT2D eigenvalue weighted by molar-refractivity contribution is -0.385. The summed E-state index contributed by atoms with van der Waals surface area (Å²) in [5.41, 5.74) is 3.81. The number of benzene rings is 3. The largest absolute Gasteiger partial charge is 0.495 e. The van der Waals surface area contributed by atoms with Gasteiger partial charge in [0.1, 0.15) is 18.1 Å². The van der Waals surface area contributed by atoms with E-state index in [1.165, 1.54) is 0 Å². The molecule has 1 aliphatic heterocycles. The molecule has 3 unspecified atom stereocenters. The van der Waals surface area contributed by atoms with Crippen molar-refractivity contribution in [2.75, 3.05) is 12.4 Å². The summed E-state index contributed by atoms with van der Waals surface area (Å²) in [7, 11) is 1.59. The molecule has 0 bridgehead atoms. The number of nitro groups is 1. The maximum absolute atomic E-state index is 11.7. The highest BCUT2D eigenvalue weighted by Crippen LogP contribution is 2.54. The number of hydrogen-bond acceptors (Lipinski definition) is 5. The van der Waals surface area contributed by atoms with Crippen LogP contribution in [0.3, 0.4) is 0 Å². The van der Waals surface area contributed by atoms with Gasteiger partial charge < -0.3 is 14.8 Å². The Morgan fingerprint density at radius 2 is 1.84 bits per heavy atom. The van der Waals surface area contributed by atoms with E-state index in [2.05, 4.69) is 29.6 Å². The zero-order valence-corrected chi connectivity index (χ0v) is 17.7. The number of hydrogen-bond donors (Lipinski definition) is 1. The monoisotopic (exact) mass is 428 g/mol. The summed E-state index contributed by atoms with van der Waals surface area (Å²) in [5, 5.41) is 15.3. The first-order chi connectivity index (χ1) is 15.7. The highest BCUT2D eigenvalue weighted by molar-refractivity contribution is 5.73. The van der Waals surface area contributed by atoms with Gasteiger partial charge in [0.15, 0.2) is 0 Å². The lowest BCUT2D eigenvalue weighted by Gasteiger charge is -2.37. The number of nitro benzene ring substituents is 1. The van der Waals surface area contributed by atoms with Gasteiger partial charge in [-0.15, -0.1) is 0 Å². The Morgan fingerprint density at radius 1 is 1.06 bits per heavy atom. The van der Waals surface area contributed by atoms with E-state index in [1.807, 2.05) is 42.5 Å². The fraction of sp³-hybridized carbons (Fsp3) is 0.231. The topological polar surface area (TPSA) is 73.6 Å². The Labute approximate surface area is 186 Å². The van der Waals surface area contributed by atoms with Crippen LogP contribution in [-0.4, -0.2) is 12.0 Å². The Hall–Kier alpha value is -3.80. The lowest BCUT2D eigenvalue weighted by Crippen LogP contribution is -2.30. The molecular weight excluding hydrogens is 404 g/mol. The quantitative estimate of drug-likeness (QED) is 0.296. The van der Waals surface area contributed by atoms with Gasteiger partial charge in [-0.1, -0.05) is 54.6 Å². The average molecular weight is 428 g/mol. The molecular formula is C26H24N2O4. The number of allylic oxidation sites excluding steroid dienone is 2. The van der Waals surface area contributed by atoms with Gasteiger partial charge in [-0.25, -0.2) is 0 Å². The first kappa shape index (κ1) is 20.1. The van der Waals surface area contributed by atoms with Crippen LogP contribution in [0.15, 0.2) is 78.9 Å². The summed E-state index contributed by atoms with van der Waals surface area (Å²) in [4.78, 5) is 11.4. The summed E-state index contributed by atoms with van der Waals surface area (Å²) in [6.07, 6.45) is 5.09. The molecule has 3 aromatic rings. The molecule has 162 valence electrons. The molecule has 2 aliphatic rings. The molecule has 32 heavy (non-hydrogen) atoms. The Kier molecular flexibility index (Phi) is 5.27. The zero-order chi connectivity index (χ0) is 22.1. The van der Waals surface area contributed by atoms with Crippen LogP contribution in [0.25, 0.3) is 0 Å². The molecule has 1 heterocycles. The molecule has 0 fully saturated rings. The van der Waals surface area contributed by atoms with Crippen molar-refractivity contribution >= 4 is 11.4 Å². The first-order valence-electron chi connectivity index (χ1n) is 10.7. The molecule has 6 heteroatoms. The van der Waals surface area contributed by atoms with E-state index in [0.29, 0.717) is 23.6 Å². The van der Waals surface area contributed by atoms with E-state index in [0.717, 1.165) is 23.3 Å². The second kappa shape index (κ2) is 8.38. The van der Waals surface area contributed by atoms with Crippen LogP contribution in [0.1, 0.15) is 35.1 Å². The van der Waals surface area contributed by atoms with Crippen molar-refractivity contribution in [1.29, 1.82) is 0 Å². The van der Waals surface area contributed by atoms with Gasteiger partial charge in [-0.05, 0) is 41.7 Å². The van der Waals surface area contributed by atoms with Crippen molar-refractivity contribution < 1.29 is 14.4 Å². The van der Waals surface area contributed by atoms with Gasteiger partial charge in [-0.2, -0.15) is 0 Å². The summed E-state index contributed by atoms with van der Waals surface area (Å²) >= 11 is 0.